The monoisotopic (exact) mass is 239 g/mol. The summed E-state index contributed by atoms with van der Waals surface area (Å²) in [6.45, 7) is 1.39. The van der Waals surface area contributed by atoms with Crippen molar-refractivity contribution in [3.8, 4) is 10.6 Å². The fourth-order valence-corrected chi connectivity index (χ4v) is 2.09. The van der Waals surface area contributed by atoms with Crippen LogP contribution in [0.4, 0.5) is 8.78 Å². The van der Waals surface area contributed by atoms with Crippen LogP contribution in [-0.4, -0.2) is 10.8 Å². The topological polar surface area (TPSA) is 30.0 Å². The van der Waals surface area contributed by atoms with Crippen molar-refractivity contribution in [1.82, 2.24) is 4.98 Å². The molecule has 0 fully saturated rings. The number of benzene rings is 1. The standard InChI is InChI=1S/C11H7F2NOS/c1-6(15)10-5-16-11(14-10)7-2-8(12)4-9(13)3-7/h2-5H,1H3. The highest BCUT2D eigenvalue weighted by Gasteiger charge is 2.09. The molecule has 0 aliphatic rings. The summed E-state index contributed by atoms with van der Waals surface area (Å²) >= 11 is 1.18. The third-order valence-corrected chi connectivity index (χ3v) is 2.87. The molecule has 5 heteroatoms. The second-order valence-electron chi connectivity index (χ2n) is 3.25. The molecule has 0 amide bonds. The van der Waals surface area contributed by atoms with Crippen LogP contribution in [0.5, 0.6) is 0 Å². The average Bonchev–Trinajstić information content (AvgIpc) is 2.64. The van der Waals surface area contributed by atoms with E-state index >= 15 is 0 Å². The van der Waals surface area contributed by atoms with Crippen LogP contribution in [0, 0.1) is 11.6 Å². The Hall–Kier alpha value is -1.62. The Balaban J connectivity index is 2.46. The molecular formula is C11H7F2NOS. The van der Waals surface area contributed by atoms with Gasteiger partial charge in [0.2, 0.25) is 0 Å². The quantitative estimate of drug-likeness (QED) is 0.753. The number of hydrogen-bond donors (Lipinski definition) is 0. The highest BCUT2D eigenvalue weighted by molar-refractivity contribution is 7.13. The van der Waals surface area contributed by atoms with Crippen LogP contribution in [0.1, 0.15) is 17.4 Å². The van der Waals surface area contributed by atoms with Gasteiger partial charge in [0.25, 0.3) is 0 Å². The lowest BCUT2D eigenvalue weighted by atomic mass is 10.2. The van der Waals surface area contributed by atoms with Crippen molar-refractivity contribution in [2.24, 2.45) is 0 Å². The zero-order valence-corrected chi connectivity index (χ0v) is 9.15. The number of rotatable bonds is 2. The van der Waals surface area contributed by atoms with Gasteiger partial charge in [0.1, 0.15) is 22.3 Å². The molecule has 1 aromatic carbocycles. The second-order valence-corrected chi connectivity index (χ2v) is 4.11. The first-order chi connectivity index (χ1) is 7.56. The third-order valence-electron chi connectivity index (χ3n) is 1.97. The number of carbonyl (C=O) groups excluding carboxylic acids is 1. The van der Waals surface area contributed by atoms with E-state index in [1.165, 1.54) is 30.4 Å². The third kappa shape index (κ3) is 2.14. The molecule has 2 rings (SSSR count). The van der Waals surface area contributed by atoms with E-state index in [1.807, 2.05) is 0 Å². The van der Waals surface area contributed by atoms with E-state index in [0.29, 0.717) is 16.3 Å². The number of aromatic nitrogens is 1. The molecule has 0 N–H and O–H groups in total. The number of ketones is 1. The molecule has 0 unspecified atom stereocenters. The Bertz CT molecular complexity index is 530. The lowest BCUT2D eigenvalue weighted by molar-refractivity contribution is 0.101. The summed E-state index contributed by atoms with van der Waals surface area (Å²) in [5.41, 5.74) is 0.652. The van der Waals surface area contributed by atoms with Crippen molar-refractivity contribution >= 4 is 17.1 Å². The van der Waals surface area contributed by atoms with Gasteiger partial charge in [0.15, 0.2) is 5.78 Å². The van der Waals surface area contributed by atoms with Crippen LogP contribution in [-0.2, 0) is 0 Å². The first kappa shape index (κ1) is 10.9. The highest BCUT2D eigenvalue weighted by Crippen LogP contribution is 2.25. The number of halogens is 2. The molecule has 0 bridgehead atoms. The van der Waals surface area contributed by atoms with E-state index in [4.69, 9.17) is 0 Å². The van der Waals surface area contributed by atoms with Gasteiger partial charge in [-0.25, -0.2) is 13.8 Å². The minimum Gasteiger partial charge on any atom is -0.293 e. The first-order valence-electron chi connectivity index (χ1n) is 4.49. The van der Waals surface area contributed by atoms with Gasteiger partial charge in [-0.15, -0.1) is 11.3 Å². The maximum Gasteiger partial charge on any atom is 0.178 e. The van der Waals surface area contributed by atoms with Crippen molar-refractivity contribution in [3.05, 3.63) is 40.9 Å². The minimum atomic E-state index is -0.658. The molecule has 0 aliphatic heterocycles. The van der Waals surface area contributed by atoms with Gasteiger partial charge in [0.05, 0.1) is 0 Å². The number of nitrogens with zero attached hydrogens (tertiary/aromatic N) is 1. The van der Waals surface area contributed by atoms with E-state index in [2.05, 4.69) is 4.98 Å². The molecule has 82 valence electrons. The summed E-state index contributed by atoms with van der Waals surface area (Å²) < 4.78 is 25.9. The molecule has 0 saturated heterocycles. The minimum absolute atomic E-state index is 0.167. The maximum absolute atomic E-state index is 12.9. The van der Waals surface area contributed by atoms with E-state index in [1.54, 1.807) is 5.38 Å². The Kier molecular flexibility index (Phi) is 2.78. The van der Waals surface area contributed by atoms with Crippen LogP contribution in [0.2, 0.25) is 0 Å². The summed E-state index contributed by atoms with van der Waals surface area (Å²) in [5.74, 6) is -1.48. The van der Waals surface area contributed by atoms with Crippen LogP contribution >= 0.6 is 11.3 Å². The van der Waals surface area contributed by atoms with E-state index in [0.717, 1.165) is 6.07 Å². The van der Waals surface area contributed by atoms with Gasteiger partial charge >= 0.3 is 0 Å². The summed E-state index contributed by atoms with van der Waals surface area (Å²) in [5, 5.41) is 2.00. The van der Waals surface area contributed by atoms with Crippen molar-refractivity contribution in [2.75, 3.05) is 0 Å². The van der Waals surface area contributed by atoms with Crippen LogP contribution in [0.25, 0.3) is 10.6 Å². The van der Waals surface area contributed by atoms with Gasteiger partial charge in [-0.1, -0.05) is 0 Å². The predicted molar refractivity (Wildman–Crippen MR) is 57.5 cm³/mol. The molecule has 1 heterocycles. The summed E-state index contributed by atoms with van der Waals surface area (Å²) in [6.07, 6.45) is 0. The molecule has 0 radical (unpaired) electrons. The molecule has 0 aliphatic carbocycles. The molecule has 2 aromatic rings. The smallest absolute Gasteiger partial charge is 0.178 e. The molecule has 0 saturated carbocycles. The van der Waals surface area contributed by atoms with Crippen molar-refractivity contribution in [3.63, 3.8) is 0 Å². The summed E-state index contributed by atoms with van der Waals surface area (Å²) in [6, 6.07) is 3.17. The highest BCUT2D eigenvalue weighted by atomic mass is 32.1. The average molecular weight is 239 g/mol. The van der Waals surface area contributed by atoms with E-state index in [9.17, 15) is 13.6 Å². The van der Waals surface area contributed by atoms with Gasteiger partial charge in [-0.05, 0) is 12.1 Å². The lowest BCUT2D eigenvalue weighted by Crippen LogP contribution is -1.91. The van der Waals surface area contributed by atoms with Crippen molar-refractivity contribution < 1.29 is 13.6 Å². The van der Waals surface area contributed by atoms with Gasteiger partial charge in [-0.3, -0.25) is 4.79 Å². The zero-order chi connectivity index (χ0) is 11.7. The number of thiazole rings is 1. The SMILES string of the molecule is CC(=O)c1csc(-c2cc(F)cc(F)c2)n1. The number of Topliss-reactive ketones (excluding diaryl/α,β-unsaturated/α-hetero) is 1. The lowest BCUT2D eigenvalue weighted by Gasteiger charge is -1.97. The predicted octanol–water partition coefficient (Wildman–Crippen LogP) is 3.29. The van der Waals surface area contributed by atoms with Gasteiger partial charge in [0, 0.05) is 23.9 Å². The van der Waals surface area contributed by atoms with Crippen molar-refractivity contribution in [1.29, 1.82) is 0 Å². The Morgan fingerprint density at radius 3 is 2.38 bits per heavy atom. The fraction of sp³-hybridized carbons (Fsp3) is 0.0909. The van der Waals surface area contributed by atoms with Crippen molar-refractivity contribution in [2.45, 2.75) is 6.92 Å². The molecular weight excluding hydrogens is 232 g/mol. The Labute approximate surface area is 94.6 Å². The molecule has 1 aromatic heterocycles. The fourth-order valence-electron chi connectivity index (χ4n) is 1.25. The maximum atomic E-state index is 12.9. The summed E-state index contributed by atoms with van der Waals surface area (Å²) in [7, 11) is 0. The second kappa shape index (κ2) is 4.09. The van der Waals surface area contributed by atoms with Crippen LogP contribution in [0.15, 0.2) is 23.6 Å². The number of carbonyl (C=O) groups is 1. The van der Waals surface area contributed by atoms with Crippen LogP contribution in [0.3, 0.4) is 0 Å². The Morgan fingerprint density at radius 1 is 1.25 bits per heavy atom. The van der Waals surface area contributed by atoms with Gasteiger partial charge in [-0.2, -0.15) is 0 Å². The van der Waals surface area contributed by atoms with E-state index in [-0.39, 0.29) is 5.78 Å². The molecule has 16 heavy (non-hydrogen) atoms. The van der Waals surface area contributed by atoms with E-state index < -0.39 is 11.6 Å². The van der Waals surface area contributed by atoms with Crippen LogP contribution < -0.4 is 0 Å². The normalized spacial score (nSPS) is 10.4. The largest absolute Gasteiger partial charge is 0.293 e. The Morgan fingerprint density at radius 2 is 1.88 bits per heavy atom. The molecule has 2 nitrogen and oxygen atoms in total. The zero-order valence-electron chi connectivity index (χ0n) is 8.33. The molecule has 0 spiro atoms. The molecule has 0 atom stereocenters. The first-order valence-corrected chi connectivity index (χ1v) is 5.37. The summed E-state index contributed by atoms with van der Waals surface area (Å²) in [4.78, 5) is 15.0. The van der Waals surface area contributed by atoms with Gasteiger partial charge < -0.3 is 0 Å². The number of hydrogen-bond acceptors (Lipinski definition) is 3.